The first-order chi connectivity index (χ1) is 13.1. The third-order valence-electron chi connectivity index (χ3n) is 4.75. The molecule has 2 heterocycles. The van der Waals surface area contributed by atoms with Gasteiger partial charge in [-0.15, -0.1) is 0 Å². The molecule has 1 fully saturated rings. The molecule has 1 unspecified atom stereocenters. The molecule has 27 heavy (non-hydrogen) atoms. The summed E-state index contributed by atoms with van der Waals surface area (Å²) in [6.45, 7) is 1.05. The van der Waals surface area contributed by atoms with Gasteiger partial charge < -0.3 is 15.4 Å². The van der Waals surface area contributed by atoms with Crippen LogP contribution in [0, 0.1) is 0 Å². The summed E-state index contributed by atoms with van der Waals surface area (Å²) in [4.78, 5) is 22.9. The summed E-state index contributed by atoms with van der Waals surface area (Å²) in [5, 5.41) is 0. The van der Waals surface area contributed by atoms with Gasteiger partial charge in [0, 0.05) is 13.1 Å². The number of amides is 1. The number of nitrogens with zero attached hydrogens (tertiary/aromatic N) is 3. The largest absolute Gasteiger partial charge is 0.438 e. The summed E-state index contributed by atoms with van der Waals surface area (Å²) in [6.07, 6.45) is 3.62. The van der Waals surface area contributed by atoms with Crippen molar-refractivity contribution in [1.29, 1.82) is 0 Å². The molecule has 0 radical (unpaired) electrons. The van der Waals surface area contributed by atoms with Gasteiger partial charge in [0.05, 0.1) is 17.9 Å². The molecule has 6 heteroatoms. The van der Waals surface area contributed by atoms with E-state index in [-0.39, 0.29) is 11.6 Å². The molecule has 4 rings (SSSR count). The first kappa shape index (κ1) is 17.2. The number of para-hydroxylation sites is 1. The summed E-state index contributed by atoms with van der Waals surface area (Å²) in [6, 6.07) is 19.2. The Morgan fingerprint density at radius 2 is 1.70 bits per heavy atom. The van der Waals surface area contributed by atoms with Gasteiger partial charge in [0.1, 0.15) is 11.4 Å². The Morgan fingerprint density at radius 1 is 1.00 bits per heavy atom. The fourth-order valence-electron chi connectivity index (χ4n) is 3.26. The summed E-state index contributed by atoms with van der Waals surface area (Å²) in [7, 11) is 0. The highest BCUT2D eigenvalue weighted by molar-refractivity contribution is 5.92. The molecular formula is C21H20N4O2. The molecule has 1 aromatic heterocycles. The molecular weight excluding hydrogens is 340 g/mol. The minimum atomic E-state index is -0.527. The monoisotopic (exact) mass is 360 g/mol. The molecule has 3 aromatic rings. The standard InChI is InChI=1S/C21H20N4O2/c22-21(16-7-3-1-4-8-16)11-12-25(15-21)20(26)18-13-24-19(14-23-18)27-17-9-5-2-6-10-17/h1-10,13-14H,11-12,15,22H2. The number of carbonyl (C=O) groups is 1. The Morgan fingerprint density at radius 3 is 2.37 bits per heavy atom. The molecule has 1 saturated heterocycles. The van der Waals surface area contributed by atoms with Crippen molar-refractivity contribution in [2.75, 3.05) is 13.1 Å². The first-order valence-corrected chi connectivity index (χ1v) is 8.83. The Balaban J connectivity index is 1.44. The van der Waals surface area contributed by atoms with Crippen LogP contribution in [0.3, 0.4) is 0 Å². The zero-order chi connectivity index (χ0) is 18.7. The maximum absolute atomic E-state index is 12.8. The molecule has 0 aliphatic carbocycles. The average molecular weight is 360 g/mol. The van der Waals surface area contributed by atoms with Crippen molar-refractivity contribution in [2.45, 2.75) is 12.0 Å². The van der Waals surface area contributed by atoms with Gasteiger partial charge in [-0.2, -0.15) is 0 Å². The van der Waals surface area contributed by atoms with E-state index in [1.54, 1.807) is 4.90 Å². The van der Waals surface area contributed by atoms with E-state index in [1.807, 2.05) is 60.7 Å². The van der Waals surface area contributed by atoms with E-state index >= 15 is 0 Å². The van der Waals surface area contributed by atoms with Crippen molar-refractivity contribution in [3.8, 4) is 11.6 Å². The van der Waals surface area contributed by atoms with E-state index in [1.165, 1.54) is 12.4 Å². The fourth-order valence-corrected chi connectivity index (χ4v) is 3.26. The minimum Gasteiger partial charge on any atom is -0.438 e. The van der Waals surface area contributed by atoms with Crippen LogP contribution in [0.2, 0.25) is 0 Å². The molecule has 1 amide bonds. The second-order valence-electron chi connectivity index (χ2n) is 6.65. The highest BCUT2D eigenvalue weighted by Gasteiger charge is 2.38. The maximum atomic E-state index is 12.8. The second-order valence-corrected chi connectivity index (χ2v) is 6.65. The van der Waals surface area contributed by atoms with Crippen LogP contribution in [-0.2, 0) is 5.54 Å². The molecule has 136 valence electrons. The quantitative estimate of drug-likeness (QED) is 0.774. The summed E-state index contributed by atoms with van der Waals surface area (Å²) >= 11 is 0. The van der Waals surface area contributed by atoms with E-state index in [4.69, 9.17) is 10.5 Å². The number of nitrogens with two attached hydrogens (primary N) is 1. The van der Waals surface area contributed by atoms with Crippen molar-refractivity contribution < 1.29 is 9.53 Å². The van der Waals surface area contributed by atoms with Crippen LogP contribution in [0.4, 0.5) is 0 Å². The number of likely N-dealkylation sites (tertiary alicyclic amines) is 1. The Bertz CT molecular complexity index is 916. The predicted molar refractivity (Wildman–Crippen MR) is 101 cm³/mol. The van der Waals surface area contributed by atoms with Gasteiger partial charge in [-0.1, -0.05) is 48.5 Å². The lowest BCUT2D eigenvalue weighted by molar-refractivity contribution is 0.0777. The Labute approximate surface area is 157 Å². The zero-order valence-corrected chi connectivity index (χ0v) is 14.8. The first-order valence-electron chi connectivity index (χ1n) is 8.83. The van der Waals surface area contributed by atoms with Crippen molar-refractivity contribution in [1.82, 2.24) is 14.9 Å². The van der Waals surface area contributed by atoms with Crippen LogP contribution in [0.5, 0.6) is 11.6 Å². The van der Waals surface area contributed by atoms with E-state index < -0.39 is 5.54 Å². The van der Waals surface area contributed by atoms with Gasteiger partial charge in [-0.3, -0.25) is 4.79 Å². The molecule has 0 saturated carbocycles. The number of benzene rings is 2. The predicted octanol–water partition coefficient (Wildman–Crippen LogP) is 2.97. The minimum absolute atomic E-state index is 0.169. The van der Waals surface area contributed by atoms with Crippen LogP contribution >= 0.6 is 0 Å². The lowest BCUT2D eigenvalue weighted by Gasteiger charge is -2.25. The molecule has 1 atom stereocenters. The number of carbonyl (C=O) groups excluding carboxylic acids is 1. The smallest absolute Gasteiger partial charge is 0.274 e. The third-order valence-corrected chi connectivity index (χ3v) is 4.75. The van der Waals surface area contributed by atoms with Gasteiger partial charge in [0.2, 0.25) is 5.88 Å². The van der Waals surface area contributed by atoms with Crippen molar-refractivity contribution in [3.63, 3.8) is 0 Å². The summed E-state index contributed by atoms with van der Waals surface area (Å²) in [5.41, 5.74) is 7.34. The van der Waals surface area contributed by atoms with Gasteiger partial charge in [-0.25, -0.2) is 9.97 Å². The Hall–Kier alpha value is -3.25. The molecule has 6 nitrogen and oxygen atoms in total. The molecule has 0 bridgehead atoms. The molecule has 0 spiro atoms. The molecule has 1 aliphatic heterocycles. The fraction of sp³-hybridized carbons (Fsp3) is 0.190. The van der Waals surface area contributed by atoms with E-state index in [0.717, 1.165) is 5.56 Å². The SMILES string of the molecule is NC1(c2ccccc2)CCN(C(=O)c2cnc(Oc3ccccc3)cn2)C1. The van der Waals surface area contributed by atoms with Crippen molar-refractivity contribution >= 4 is 5.91 Å². The van der Waals surface area contributed by atoms with Gasteiger partial charge in [0.25, 0.3) is 5.91 Å². The molecule has 2 N–H and O–H groups in total. The highest BCUT2D eigenvalue weighted by atomic mass is 16.5. The van der Waals surface area contributed by atoms with Crippen LogP contribution in [-0.4, -0.2) is 33.9 Å². The van der Waals surface area contributed by atoms with Crippen LogP contribution < -0.4 is 10.5 Å². The van der Waals surface area contributed by atoms with Crippen LogP contribution in [0.1, 0.15) is 22.5 Å². The zero-order valence-electron chi connectivity index (χ0n) is 14.8. The van der Waals surface area contributed by atoms with Crippen molar-refractivity contribution in [3.05, 3.63) is 84.3 Å². The van der Waals surface area contributed by atoms with Crippen molar-refractivity contribution in [2.24, 2.45) is 5.73 Å². The Kier molecular flexibility index (Phi) is 4.56. The highest BCUT2D eigenvalue weighted by Crippen LogP contribution is 2.30. The second kappa shape index (κ2) is 7.17. The topological polar surface area (TPSA) is 81.3 Å². The number of aromatic nitrogens is 2. The van der Waals surface area contributed by atoms with Gasteiger partial charge >= 0.3 is 0 Å². The van der Waals surface area contributed by atoms with Crippen LogP contribution in [0.25, 0.3) is 0 Å². The van der Waals surface area contributed by atoms with E-state index in [9.17, 15) is 4.79 Å². The molecule has 1 aliphatic rings. The number of ether oxygens (including phenoxy) is 1. The third kappa shape index (κ3) is 3.66. The summed E-state index contributed by atoms with van der Waals surface area (Å²) in [5.74, 6) is 0.842. The number of hydrogen-bond acceptors (Lipinski definition) is 5. The lowest BCUT2D eigenvalue weighted by Crippen LogP contribution is -2.41. The summed E-state index contributed by atoms with van der Waals surface area (Å²) < 4.78 is 5.61. The van der Waals surface area contributed by atoms with Crippen LogP contribution in [0.15, 0.2) is 73.1 Å². The van der Waals surface area contributed by atoms with E-state index in [0.29, 0.717) is 31.1 Å². The van der Waals surface area contributed by atoms with Gasteiger partial charge in [0.15, 0.2) is 0 Å². The average Bonchev–Trinajstić information content (AvgIpc) is 3.13. The number of hydrogen-bond donors (Lipinski definition) is 1. The lowest BCUT2D eigenvalue weighted by atomic mass is 9.90. The molecule has 2 aromatic carbocycles. The maximum Gasteiger partial charge on any atom is 0.274 e. The normalized spacial score (nSPS) is 19.1. The number of rotatable bonds is 4. The van der Waals surface area contributed by atoms with E-state index in [2.05, 4.69) is 9.97 Å². The van der Waals surface area contributed by atoms with Gasteiger partial charge in [-0.05, 0) is 24.1 Å².